The number of halogens is 5. The predicted molar refractivity (Wildman–Crippen MR) is 101 cm³/mol. The van der Waals surface area contributed by atoms with Gasteiger partial charge in [0.2, 0.25) is 0 Å². The molecule has 14 heteroatoms. The van der Waals surface area contributed by atoms with Crippen molar-refractivity contribution in [2.24, 2.45) is 5.92 Å². The van der Waals surface area contributed by atoms with Gasteiger partial charge in [-0.1, -0.05) is 25.7 Å². The number of rotatable bonds is 9. The monoisotopic (exact) mass is 510 g/mol. The summed E-state index contributed by atoms with van der Waals surface area (Å²) in [5.41, 5.74) is 0. The molecule has 0 saturated heterocycles. The smallest absolute Gasteiger partial charge is 0.457 e. The number of alkyl halides is 5. The number of hydrogen-bond donors (Lipinski definition) is 1. The summed E-state index contributed by atoms with van der Waals surface area (Å²) in [5.74, 6) is -8.82. The van der Waals surface area contributed by atoms with E-state index in [9.17, 15) is 40.0 Å². The molecule has 8 nitrogen and oxygen atoms in total. The van der Waals surface area contributed by atoms with Crippen LogP contribution in [-0.4, -0.2) is 54.8 Å². The minimum Gasteiger partial charge on any atom is -0.457 e. The summed E-state index contributed by atoms with van der Waals surface area (Å²) in [6.07, 6.45) is -3.80. The van der Waals surface area contributed by atoms with Gasteiger partial charge in [0.25, 0.3) is 0 Å². The Morgan fingerprint density at radius 1 is 0.879 bits per heavy atom. The Labute approximate surface area is 187 Å². The van der Waals surface area contributed by atoms with E-state index in [1.54, 1.807) is 0 Å². The Balaban J connectivity index is 2.30. The lowest BCUT2D eigenvalue weighted by Crippen LogP contribution is -2.59. The fourth-order valence-electron chi connectivity index (χ4n) is 3.80. The van der Waals surface area contributed by atoms with Crippen LogP contribution < -0.4 is 0 Å². The zero-order valence-electron chi connectivity index (χ0n) is 17.7. The molecule has 0 amide bonds. The van der Waals surface area contributed by atoms with E-state index in [4.69, 9.17) is 9.29 Å². The highest BCUT2D eigenvalue weighted by Gasteiger charge is 2.68. The summed E-state index contributed by atoms with van der Waals surface area (Å²) in [5, 5.41) is -4.86. The highest BCUT2D eigenvalue weighted by atomic mass is 32.2. The van der Waals surface area contributed by atoms with Gasteiger partial charge in [-0.3, -0.25) is 9.35 Å². The van der Waals surface area contributed by atoms with Gasteiger partial charge >= 0.3 is 39.3 Å². The SMILES string of the molecule is O=C(OC(OCCC(F)(F)S(=O)(=O)O)(C(=O)OC1CCCCC1)C(F)(F)F)C1CCCCC1. The van der Waals surface area contributed by atoms with Crippen LogP contribution in [-0.2, 0) is 33.9 Å². The van der Waals surface area contributed by atoms with E-state index >= 15 is 0 Å². The number of esters is 2. The van der Waals surface area contributed by atoms with E-state index in [1.807, 2.05) is 0 Å². The van der Waals surface area contributed by atoms with E-state index in [1.165, 1.54) is 0 Å². The first-order valence-corrected chi connectivity index (χ1v) is 12.1. The quantitative estimate of drug-likeness (QED) is 0.213. The third-order valence-corrected chi connectivity index (χ3v) is 6.69. The standard InChI is InChI=1S/C19H27F5O8S/c20-17(21,33(27,28)29)11-12-30-18(19(22,23)24,16(26)31-14-9-5-2-6-10-14)32-15(25)13-7-3-1-4-8-13/h13-14H,1-12H2,(H,27,28,29). The highest BCUT2D eigenvalue weighted by Crippen LogP contribution is 2.40. The summed E-state index contributed by atoms with van der Waals surface area (Å²) >= 11 is 0. The molecule has 2 aliphatic rings. The minimum atomic E-state index is -5.96. The van der Waals surface area contributed by atoms with Crippen LogP contribution in [0, 0.1) is 5.92 Å². The van der Waals surface area contributed by atoms with E-state index in [0.29, 0.717) is 25.7 Å². The number of ether oxygens (including phenoxy) is 3. The third-order valence-electron chi connectivity index (χ3n) is 5.73. The molecule has 0 radical (unpaired) electrons. The van der Waals surface area contributed by atoms with E-state index in [0.717, 1.165) is 12.8 Å². The van der Waals surface area contributed by atoms with Crippen molar-refractivity contribution in [1.29, 1.82) is 0 Å². The molecule has 1 N–H and O–H groups in total. The Morgan fingerprint density at radius 2 is 1.39 bits per heavy atom. The molecule has 1 atom stereocenters. The average Bonchev–Trinajstić information content (AvgIpc) is 2.72. The molecule has 0 bridgehead atoms. The molecule has 0 aromatic carbocycles. The van der Waals surface area contributed by atoms with Gasteiger partial charge in [-0.05, 0) is 38.5 Å². The van der Waals surface area contributed by atoms with Crippen molar-refractivity contribution in [2.75, 3.05) is 6.61 Å². The molecule has 2 aliphatic carbocycles. The first-order valence-electron chi connectivity index (χ1n) is 10.7. The van der Waals surface area contributed by atoms with Crippen molar-refractivity contribution in [1.82, 2.24) is 0 Å². The molecule has 33 heavy (non-hydrogen) atoms. The molecule has 1 unspecified atom stereocenters. The van der Waals surface area contributed by atoms with Gasteiger partial charge < -0.3 is 14.2 Å². The lowest BCUT2D eigenvalue weighted by molar-refractivity contribution is -0.359. The summed E-state index contributed by atoms with van der Waals surface area (Å²) in [7, 11) is -5.96. The Bertz CT molecular complexity index is 788. The van der Waals surface area contributed by atoms with E-state index in [2.05, 4.69) is 9.47 Å². The van der Waals surface area contributed by atoms with Crippen molar-refractivity contribution < 1.29 is 58.7 Å². The lowest BCUT2D eigenvalue weighted by atomic mass is 9.89. The maximum absolute atomic E-state index is 14.1. The largest absolute Gasteiger partial charge is 0.468 e. The van der Waals surface area contributed by atoms with Gasteiger partial charge in [0.05, 0.1) is 18.9 Å². The average molecular weight is 510 g/mol. The summed E-state index contributed by atoms with van der Waals surface area (Å²) < 4.78 is 113. The Kier molecular flexibility index (Phi) is 9.07. The van der Waals surface area contributed by atoms with E-state index in [-0.39, 0.29) is 25.7 Å². The van der Waals surface area contributed by atoms with Gasteiger partial charge in [-0.25, -0.2) is 4.79 Å². The molecule has 0 aliphatic heterocycles. The molecule has 0 aromatic heterocycles. The van der Waals surface area contributed by atoms with Gasteiger partial charge in [-0.15, -0.1) is 0 Å². The number of hydrogen-bond acceptors (Lipinski definition) is 7. The molecule has 2 rings (SSSR count). The van der Waals surface area contributed by atoms with Crippen LogP contribution in [0.15, 0.2) is 0 Å². The predicted octanol–water partition coefficient (Wildman–Crippen LogP) is 4.13. The molecule has 0 heterocycles. The van der Waals surface area contributed by atoms with Gasteiger partial charge in [0.15, 0.2) is 0 Å². The zero-order valence-corrected chi connectivity index (χ0v) is 18.6. The topological polar surface area (TPSA) is 116 Å². The second-order valence-electron chi connectivity index (χ2n) is 8.25. The highest BCUT2D eigenvalue weighted by molar-refractivity contribution is 7.86. The second-order valence-corrected chi connectivity index (χ2v) is 9.79. The maximum atomic E-state index is 14.1. The molecule has 0 spiro atoms. The van der Waals surface area contributed by atoms with Crippen molar-refractivity contribution >= 4 is 22.1 Å². The van der Waals surface area contributed by atoms with Crippen molar-refractivity contribution in [2.45, 2.75) is 94.0 Å². The van der Waals surface area contributed by atoms with Gasteiger partial charge in [-0.2, -0.15) is 30.4 Å². The van der Waals surface area contributed by atoms with Crippen LogP contribution in [0.3, 0.4) is 0 Å². The lowest BCUT2D eigenvalue weighted by Gasteiger charge is -2.35. The molecule has 192 valence electrons. The molecular weight excluding hydrogens is 483 g/mol. The first kappa shape index (κ1) is 27.7. The van der Waals surface area contributed by atoms with Gasteiger partial charge in [0.1, 0.15) is 6.10 Å². The molecule has 2 fully saturated rings. The third kappa shape index (κ3) is 6.98. The van der Waals surface area contributed by atoms with Crippen LogP contribution >= 0.6 is 0 Å². The van der Waals surface area contributed by atoms with Crippen LogP contribution in [0.4, 0.5) is 22.0 Å². The molecular formula is C19H27F5O8S. The fraction of sp³-hybridized carbons (Fsp3) is 0.895. The minimum absolute atomic E-state index is 0.214. The number of carbonyl (C=O) groups is 2. The van der Waals surface area contributed by atoms with Crippen molar-refractivity contribution in [3.05, 3.63) is 0 Å². The number of carbonyl (C=O) groups excluding carboxylic acids is 2. The van der Waals surface area contributed by atoms with Crippen LogP contribution in [0.25, 0.3) is 0 Å². The first-order chi connectivity index (χ1) is 15.2. The van der Waals surface area contributed by atoms with E-state index < -0.39 is 64.3 Å². The molecule has 0 aromatic rings. The molecule has 2 saturated carbocycles. The van der Waals surface area contributed by atoms with Crippen LogP contribution in [0.1, 0.15) is 70.6 Å². The van der Waals surface area contributed by atoms with Crippen molar-refractivity contribution in [3.63, 3.8) is 0 Å². The van der Waals surface area contributed by atoms with Gasteiger partial charge in [0, 0.05) is 0 Å². The fourth-order valence-corrected chi connectivity index (χ4v) is 4.14. The van der Waals surface area contributed by atoms with Crippen molar-refractivity contribution in [3.8, 4) is 0 Å². The Hall–Kier alpha value is -1.54. The summed E-state index contributed by atoms with van der Waals surface area (Å²) in [6.45, 7) is -1.69. The zero-order chi connectivity index (χ0) is 24.9. The van der Waals surface area contributed by atoms with Crippen LogP contribution in [0.5, 0.6) is 0 Å². The normalized spacial score (nSPS) is 21.3. The Morgan fingerprint density at radius 3 is 1.88 bits per heavy atom. The van der Waals surface area contributed by atoms with Crippen LogP contribution in [0.2, 0.25) is 0 Å². The summed E-state index contributed by atoms with van der Waals surface area (Å²) in [4.78, 5) is 25.1. The summed E-state index contributed by atoms with van der Waals surface area (Å²) in [6, 6.07) is 0. The second kappa shape index (κ2) is 10.8. The maximum Gasteiger partial charge on any atom is 0.468 e.